The van der Waals surface area contributed by atoms with Gasteiger partial charge in [0.15, 0.2) is 0 Å². The van der Waals surface area contributed by atoms with Crippen LogP contribution in [-0.4, -0.2) is 43.2 Å². The van der Waals surface area contributed by atoms with Crippen molar-refractivity contribution < 1.29 is 9.53 Å². The smallest absolute Gasteiger partial charge is 0.248 e. The van der Waals surface area contributed by atoms with Crippen LogP contribution < -0.4 is 5.73 Å². The lowest BCUT2D eigenvalue weighted by atomic mass is 10.2. The molecule has 0 spiro atoms. The van der Waals surface area contributed by atoms with E-state index in [1.807, 2.05) is 4.90 Å². The van der Waals surface area contributed by atoms with Crippen LogP contribution in [0.4, 0.5) is 0 Å². The molecule has 1 heterocycles. The number of carbonyl (C=O) groups is 1. The van der Waals surface area contributed by atoms with Gasteiger partial charge in [-0.15, -0.1) is 0 Å². The zero-order valence-corrected chi connectivity index (χ0v) is 7.45. The number of carbonyl (C=O) groups excluding carboxylic acids is 1. The molecule has 1 aliphatic heterocycles. The summed E-state index contributed by atoms with van der Waals surface area (Å²) in [7, 11) is 0. The predicted molar refractivity (Wildman–Crippen MR) is 45.7 cm³/mol. The van der Waals surface area contributed by atoms with E-state index in [1.54, 1.807) is 0 Å². The van der Waals surface area contributed by atoms with Gasteiger partial charge in [0.05, 0.1) is 12.6 Å². The number of amides is 1. The van der Waals surface area contributed by atoms with Crippen LogP contribution in [0.3, 0.4) is 0 Å². The summed E-state index contributed by atoms with van der Waals surface area (Å²) in [6.07, 6.45) is 0.936. The van der Waals surface area contributed by atoms with Gasteiger partial charge < -0.3 is 15.4 Å². The van der Waals surface area contributed by atoms with Crippen LogP contribution in [-0.2, 0) is 9.53 Å². The van der Waals surface area contributed by atoms with Crippen LogP contribution in [0.5, 0.6) is 0 Å². The van der Waals surface area contributed by atoms with Crippen molar-refractivity contribution in [2.45, 2.75) is 19.4 Å². The highest BCUT2D eigenvalue weighted by atomic mass is 16.5. The summed E-state index contributed by atoms with van der Waals surface area (Å²) in [6, 6.07) is 0.231. The van der Waals surface area contributed by atoms with Gasteiger partial charge in [-0.1, -0.05) is 6.92 Å². The molecule has 4 heteroatoms. The normalized spacial score (nSPS) is 24.7. The van der Waals surface area contributed by atoms with Crippen LogP contribution in [0.15, 0.2) is 0 Å². The first-order chi connectivity index (χ1) is 5.79. The summed E-state index contributed by atoms with van der Waals surface area (Å²) in [6.45, 7) is 4.11. The molecule has 0 aromatic heterocycles. The minimum Gasteiger partial charge on any atom is -0.369 e. The molecule has 0 saturated carbocycles. The van der Waals surface area contributed by atoms with E-state index in [9.17, 15) is 4.79 Å². The molecule has 1 fully saturated rings. The van der Waals surface area contributed by atoms with Gasteiger partial charge in [-0.25, -0.2) is 0 Å². The van der Waals surface area contributed by atoms with Gasteiger partial charge in [0.1, 0.15) is 6.61 Å². The first-order valence-corrected chi connectivity index (χ1v) is 4.36. The van der Waals surface area contributed by atoms with Crippen molar-refractivity contribution >= 4 is 5.91 Å². The van der Waals surface area contributed by atoms with E-state index in [4.69, 9.17) is 10.5 Å². The zero-order valence-electron chi connectivity index (χ0n) is 7.45. The maximum Gasteiger partial charge on any atom is 0.248 e. The molecule has 0 bridgehead atoms. The van der Waals surface area contributed by atoms with E-state index in [1.165, 1.54) is 0 Å². The molecule has 1 unspecified atom stereocenters. The second kappa shape index (κ2) is 4.42. The highest BCUT2D eigenvalue weighted by Crippen LogP contribution is 2.09. The third-order valence-electron chi connectivity index (χ3n) is 2.14. The Morgan fingerprint density at radius 3 is 3.08 bits per heavy atom. The number of hydrogen-bond donors (Lipinski definition) is 1. The summed E-state index contributed by atoms with van der Waals surface area (Å²) in [5.41, 5.74) is 5.40. The third kappa shape index (κ3) is 1.95. The molecule has 1 rings (SSSR count). The van der Waals surface area contributed by atoms with E-state index in [0.29, 0.717) is 19.7 Å². The van der Waals surface area contributed by atoms with Crippen molar-refractivity contribution in [3.05, 3.63) is 0 Å². The molecule has 0 aromatic rings. The minimum atomic E-state index is 0.0681. The van der Waals surface area contributed by atoms with E-state index < -0.39 is 0 Å². The lowest BCUT2D eigenvalue weighted by Crippen LogP contribution is -2.50. The summed E-state index contributed by atoms with van der Waals surface area (Å²) in [5.74, 6) is 0.0681. The minimum absolute atomic E-state index is 0.0681. The maximum atomic E-state index is 11.3. The fraction of sp³-hybridized carbons (Fsp3) is 0.875. The van der Waals surface area contributed by atoms with E-state index in [-0.39, 0.29) is 18.6 Å². The zero-order chi connectivity index (χ0) is 8.97. The molecule has 2 N–H and O–H groups in total. The molecule has 0 radical (unpaired) electrons. The maximum absolute atomic E-state index is 11.3. The Kier molecular flexibility index (Phi) is 3.49. The number of nitrogens with two attached hydrogens (primary N) is 1. The van der Waals surface area contributed by atoms with Crippen LogP contribution in [0, 0.1) is 0 Å². The van der Waals surface area contributed by atoms with Crippen LogP contribution in [0.1, 0.15) is 13.3 Å². The Morgan fingerprint density at radius 2 is 2.50 bits per heavy atom. The number of rotatable bonds is 3. The van der Waals surface area contributed by atoms with Gasteiger partial charge in [0.2, 0.25) is 5.91 Å². The number of hydrogen-bond acceptors (Lipinski definition) is 3. The topological polar surface area (TPSA) is 55.6 Å². The van der Waals surface area contributed by atoms with Gasteiger partial charge in [0, 0.05) is 13.1 Å². The van der Waals surface area contributed by atoms with Crippen LogP contribution in [0.25, 0.3) is 0 Å². The second-order valence-electron chi connectivity index (χ2n) is 2.95. The fourth-order valence-corrected chi connectivity index (χ4v) is 1.44. The molecule has 4 nitrogen and oxygen atoms in total. The van der Waals surface area contributed by atoms with Gasteiger partial charge in [-0.3, -0.25) is 4.79 Å². The van der Waals surface area contributed by atoms with Crippen molar-refractivity contribution in [3.63, 3.8) is 0 Å². The largest absolute Gasteiger partial charge is 0.369 e. The summed E-state index contributed by atoms with van der Waals surface area (Å²) in [4.78, 5) is 13.1. The van der Waals surface area contributed by atoms with Gasteiger partial charge >= 0.3 is 0 Å². The van der Waals surface area contributed by atoms with Crippen molar-refractivity contribution in [3.8, 4) is 0 Å². The Balaban J connectivity index is 2.53. The van der Waals surface area contributed by atoms with E-state index in [2.05, 4.69) is 6.92 Å². The molecule has 1 amide bonds. The SMILES string of the molecule is CCC1COCC(=O)N1CCN. The lowest BCUT2D eigenvalue weighted by Gasteiger charge is -2.34. The quantitative estimate of drug-likeness (QED) is 0.629. The summed E-state index contributed by atoms with van der Waals surface area (Å²) < 4.78 is 5.13. The van der Waals surface area contributed by atoms with Gasteiger partial charge in [0.25, 0.3) is 0 Å². The van der Waals surface area contributed by atoms with Crippen molar-refractivity contribution in [2.24, 2.45) is 5.73 Å². The molecular formula is C8H16N2O2. The molecule has 70 valence electrons. The number of ether oxygens (including phenoxy) is 1. The molecule has 1 atom stereocenters. The Labute approximate surface area is 72.7 Å². The summed E-state index contributed by atoms with van der Waals surface area (Å²) in [5, 5.41) is 0. The average molecular weight is 172 g/mol. The highest BCUT2D eigenvalue weighted by molar-refractivity contribution is 5.78. The number of nitrogens with zero attached hydrogens (tertiary/aromatic N) is 1. The van der Waals surface area contributed by atoms with E-state index >= 15 is 0 Å². The van der Waals surface area contributed by atoms with E-state index in [0.717, 1.165) is 6.42 Å². The van der Waals surface area contributed by atoms with Gasteiger partial charge in [-0.2, -0.15) is 0 Å². The molecule has 1 aliphatic rings. The van der Waals surface area contributed by atoms with Gasteiger partial charge in [-0.05, 0) is 6.42 Å². The molecule has 0 aliphatic carbocycles. The average Bonchev–Trinajstić information content (AvgIpc) is 2.09. The molecule has 0 aromatic carbocycles. The van der Waals surface area contributed by atoms with Crippen LogP contribution in [0.2, 0.25) is 0 Å². The molecular weight excluding hydrogens is 156 g/mol. The Hall–Kier alpha value is -0.610. The van der Waals surface area contributed by atoms with Crippen LogP contribution >= 0.6 is 0 Å². The lowest BCUT2D eigenvalue weighted by molar-refractivity contribution is -0.147. The fourth-order valence-electron chi connectivity index (χ4n) is 1.44. The summed E-state index contributed by atoms with van der Waals surface area (Å²) >= 11 is 0. The molecule has 1 saturated heterocycles. The van der Waals surface area contributed by atoms with Crippen molar-refractivity contribution in [1.29, 1.82) is 0 Å². The van der Waals surface area contributed by atoms with Crippen molar-refractivity contribution in [2.75, 3.05) is 26.3 Å². The first-order valence-electron chi connectivity index (χ1n) is 4.36. The Bertz CT molecular complexity index is 161. The van der Waals surface area contributed by atoms with Crippen molar-refractivity contribution in [1.82, 2.24) is 4.90 Å². The monoisotopic (exact) mass is 172 g/mol. The first kappa shape index (κ1) is 9.48. The Morgan fingerprint density at radius 1 is 1.75 bits per heavy atom. The third-order valence-corrected chi connectivity index (χ3v) is 2.14. The highest BCUT2D eigenvalue weighted by Gasteiger charge is 2.26. The second-order valence-corrected chi connectivity index (χ2v) is 2.95. The number of morpholine rings is 1. The molecule has 12 heavy (non-hydrogen) atoms. The standard InChI is InChI=1S/C8H16N2O2/c1-2-7-5-12-6-8(11)10(7)4-3-9/h7H,2-6,9H2,1H3. The predicted octanol–water partition coefficient (Wildman–Crippen LogP) is -0.417.